The van der Waals surface area contributed by atoms with Crippen LogP contribution < -0.4 is 9.47 Å². The van der Waals surface area contributed by atoms with E-state index in [1.165, 1.54) is 23.5 Å². The molecule has 0 amide bonds. The molecule has 2 aromatic carbocycles. The second-order valence-electron chi connectivity index (χ2n) is 6.09. The van der Waals surface area contributed by atoms with Crippen LogP contribution in [0, 0.1) is 5.82 Å². The highest BCUT2D eigenvalue weighted by Crippen LogP contribution is 2.38. The van der Waals surface area contributed by atoms with Gasteiger partial charge in [0.25, 0.3) is 0 Å². The summed E-state index contributed by atoms with van der Waals surface area (Å²) in [5.41, 5.74) is 1.96. The van der Waals surface area contributed by atoms with Crippen molar-refractivity contribution in [2.45, 2.75) is 13.0 Å². The molecule has 1 aliphatic rings. The van der Waals surface area contributed by atoms with Gasteiger partial charge in [0.2, 0.25) is 0 Å². The maximum atomic E-state index is 13.3. The van der Waals surface area contributed by atoms with E-state index in [0.717, 1.165) is 0 Å². The van der Waals surface area contributed by atoms with Crippen molar-refractivity contribution in [3.8, 4) is 22.1 Å². The van der Waals surface area contributed by atoms with Crippen molar-refractivity contribution in [2.75, 3.05) is 13.2 Å². The molecule has 5 nitrogen and oxygen atoms in total. The zero-order valence-corrected chi connectivity index (χ0v) is 16.2. The number of halogens is 2. The molecule has 0 fully saturated rings. The van der Waals surface area contributed by atoms with Crippen LogP contribution in [0.5, 0.6) is 11.5 Å². The number of nitrogens with zero attached hydrogens (tertiary/aromatic N) is 1. The molecule has 0 aliphatic carbocycles. The molecule has 0 unspecified atom stereocenters. The van der Waals surface area contributed by atoms with E-state index in [1.807, 2.05) is 0 Å². The number of benzene rings is 2. The van der Waals surface area contributed by atoms with Crippen LogP contribution in [0.4, 0.5) is 4.39 Å². The van der Waals surface area contributed by atoms with Gasteiger partial charge in [-0.3, -0.25) is 4.79 Å². The molecule has 0 spiro atoms. The van der Waals surface area contributed by atoms with Crippen molar-refractivity contribution >= 4 is 28.9 Å². The average molecular weight is 420 g/mol. The minimum atomic E-state index is -0.415. The van der Waals surface area contributed by atoms with Gasteiger partial charge in [0.05, 0.1) is 17.1 Å². The van der Waals surface area contributed by atoms with E-state index >= 15 is 0 Å². The molecule has 144 valence electrons. The van der Waals surface area contributed by atoms with E-state index in [4.69, 9.17) is 25.8 Å². The van der Waals surface area contributed by atoms with Gasteiger partial charge in [-0.2, -0.15) is 0 Å². The summed E-state index contributed by atoms with van der Waals surface area (Å²) in [6.45, 7) is 0.965. The smallest absolute Gasteiger partial charge is 0.312 e. The predicted molar refractivity (Wildman–Crippen MR) is 103 cm³/mol. The largest absolute Gasteiger partial charge is 0.486 e. The molecule has 0 N–H and O–H groups in total. The molecule has 3 aromatic rings. The topological polar surface area (TPSA) is 57.7 Å². The Morgan fingerprint density at radius 3 is 2.96 bits per heavy atom. The summed E-state index contributed by atoms with van der Waals surface area (Å²) in [5.74, 6) is 0.313. The van der Waals surface area contributed by atoms with Crippen molar-refractivity contribution < 1.29 is 23.4 Å². The normalized spacial score (nSPS) is 12.6. The Kier molecular flexibility index (Phi) is 5.45. The monoisotopic (exact) mass is 419 g/mol. The number of hydrogen-bond donors (Lipinski definition) is 0. The van der Waals surface area contributed by atoms with Gasteiger partial charge >= 0.3 is 5.97 Å². The molecule has 1 aromatic heterocycles. The first-order chi connectivity index (χ1) is 13.6. The highest BCUT2D eigenvalue weighted by atomic mass is 35.5. The van der Waals surface area contributed by atoms with Gasteiger partial charge in [-0.15, -0.1) is 11.3 Å². The molecule has 1 aliphatic heterocycles. The van der Waals surface area contributed by atoms with Crippen LogP contribution in [-0.2, 0) is 22.6 Å². The third kappa shape index (κ3) is 4.26. The minimum Gasteiger partial charge on any atom is -0.486 e. The van der Waals surface area contributed by atoms with Gasteiger partial charge in [-0.1, -0.05) is 23.7 Å². The quantitative estimate of drug-likeness (QED) is 0.563. The lowest BCUT2D eigenvalue weighted by atomic mass is 10.2. The summed E-state index contributed by atoms with van der Waals surface area (Å²) in [6.07, 6.45) is 0.0318. The molecule has 4 rings (SSSR count). The van der Waals surface area contributed by atoms with E-state index < -0.39 is 5.97 Å². The number of hydrogen-bond acceptors (Lipinski definition) is 6. The van der Waals surface area contributed by atoms with Crippen LogP contribution in [0.15, 0.2) is 41.8 Å². The number of esters is 1. The summed E-state index contributed by atoms with van der Waals surface area (Å²) >= 11 is 7.54. The first-order valence-corrected chi connectivity index (χ1v) is 9.78. The molecular weight excluding hydrogens is 405 g/mol. The lowest BCUT2D eigenvalue weighted by Crippen LogP contribution is -2.16. The molecule has 0 saturated heterocycles. The van der Waals surface area contributed by atoms with Crippen molar-refractivity contribution in [3.05, 3.63) is 63.9 Å². The van der Waals surface area contributed by atoms with E-state index in [2.05, 4.69) is 4.98 Å². The first kappa shape index (κ1) is 18.7. The van der Waals surface area contributed by atoms with Gasteiger partial charge < -0.3 is 14.2 Å². The van der Waals surface area contributed by atoms with Crippen molar-refractivity contribution in [1.29, 1.82) is 0 Å². The molecule has 0 saturated carbocycles. The molecular formula is C20H15ClFNO4S. The lowest BCUT2D eigenvalue weighted by Gasteiger charge is -2.20. The number of carbonyl (C=O) groups is 1. The van der Waals surface area contributed by atoms with E-state index in [0.29, 0.717) is 51.6 Å². The molecule has 0 atom stereocenters. The number of rotatable bonds is 5. The van der Waals surface area contributed by atoms with Gasteiger partial charge in [-0.05, 0) is 29.8 Å². The molecule has 28 heavy (non-hydrogen) atoms. The van der Waals surface area contributed by atoms with Crippen molar-refractivity contribution in [2.24, 2.45) is 0 Å². The maximum Gasteiger partial charge on any atom is 0.312 e. The highest BCUT2D eigenvalue weighted by Gasteiger charge is 2.17. The Balaban J connectivity index is 1.37. The molecule has 2 heterocycles. The Labute approximate surface area is 169 Å². The zero-order chi connectivity index (χ0) is 19.5. The summed E-state index contributed by atoms with van der Waals surface area (Å²) in [6, 6.07) is 9.62. The Morgan fingerprint density at radius 2 is 2.11 bits per heavy atom. The Bertz CT molecular complexity index is 1020. The van der Waals surface area contributed by atoms with Gasteiger partial charge in [-0.25, -0.2) is 9.37 Å². The fourth-order valence-electron chi connectivity index (χ4n) is 2.75. The van der Waals surface area contributed by atoms with Gasteiger partial charge in [0.1, 0.15) is 30.6 Å². The van der Waals surface area contributed by atoms with E-state index in [9.17, 15) is 9.18 Å². The van der Waals surface area contributed by atoms with Crippen molar-refractivity contribution in [3.63, 3.8) is 0 Å². The molecule has 0 radical (unpaired) electrons. The molecule has 0 bridgehead atoms. The summed E-state index contributed by atoms with van der Waals surface area (Å²) in [5, 5.41) is 2.84. The number of fused-ring (bicyclic) bond motifs is 1. The van der Waals surface area contributed by atoms with Crippen molar-refractivity contribution in [1.82, 2.24) is 4.98 Å². The standard InChI is InChI=1S/C20H15ClFNO4S/c21-16-6-12(7-17-19(16)26-5-4-25-17)10-27-18(24)9-15-11-28-20(23-15)13-2-1-3-14(22)8-13/h1-3,6-8,11H,4-5,9-10H2. The number of thiazole rings is 1. The lowest BCUT2D eigenvalue weighted by molar-refractivity contribution is -0.144. The second kappa shape index (κ2) is 8.16. The van der Waals surface area contributed by atoms with Gasteiger partial charge in [0, 0.05) is 10.9 Å². The number of ether oxygens (including phenoxy) is 3. The highest BCUT2D eigenvalue weighted by molar-refractivity contribution is 7.13. The SMILES string of the molecule is O=C(Cc1csc(-c2cccc(F)c2)n1)OCc1cc(Cl)c2c(c1)OCCO2. The summed E-state index contributed by atoms with van der Waals surface area (Å²) in [4.78, 5) is 16.5. The third-order valence-corrected chi connectivity index (χ3v) is 5.23. The molecule has 8 heteroatoms. The van der Waals surface area contributed by atoms with Crippen LogP contribution in [0.3, 0.4) is 0 Å². The number of carbonyl (C=O) groups excluding carboxylic acids is 1. The number of aromatic nitrogens is 1. The van der Waals surface area contributed by atoms with Crippen LogP contribution in [0.1, 0.15) is 11.3 Å². The maximum absolute atomic E-state index is 13.3. The fraction of sp³-hybridized carbons (Fsp3) is 0.200. The fourth-order valence-corrected chi connectivity index (χ4v) is 3.86. The van der Waals surface area contributed by atoms with Crippen LogP contribution in [-0.4, -0.2) is 24.2 Å². The Morgan fingerprint density at radius 1 is 1.25 bits per heavy atom. The van der Waals surface area contributed by atoms with Gasteiger partial charge in [0.15, 0.2) is 11.5 Å². The van der Waals surface area contributed by atoms with E-state index in [1.54, 1.807) is 29.6 Å². The van der Waals surface area contributed by atoms with E-state index in [-0.39, 0.29) is 18.8 Å². The van der Waals surface area contributed by atoms with Crippen LogP contribution in [0.2, 0.25) is 5.02 Å². The van der Waals surface area contributed by atoms with Crippen LogP contribution >= 0.6 is 22.9 Å². The first-order valence-electron chi connectivity index (χ1n) is 8.52. The summed E-state index contributed by atoms with van der Waals surface area (Å²) in [7, 11) is 0. The Hall–Kier alpha value is -2.64. The zero-order valence-electron chi connectivity index (χ0n) is 14.6. The predicted octanol–water partition coefficient (Wildman–Crippen LogP) is 4.66. The summed E-state index contributed by atoms with van der Waals surface area (Å²) < 4.78 is 29.6. The minimum absolute atomic E-state index is 0.0318. The average Bonchev–Trinajstić information content (AvgIpc) is 3.15. The third-order valence-electron chi connectivity index (χ3n) is 4.01. The second-order valence-corrected chi connectivity index (χ2v) is 7.36. The van der Waals surface area contributed by atoms with Crippen LogP contribution in [0.25, 0.3) is 10.6 Å².